The van der Waals surface area contributed by atoms with Crippen LogP contribution in [0.3, 0.4) is 0 Å². The number of halogens is 1. The van der Waals surface area contributed by atoms with Gasteiger partial charge in [0, 0.05) is 29.9 Å². The van der Waals surface area contributed by atoms with Crippen molar-refractivity contribution in [2.45, 2.75) is 26.8 Å². The average molecular weight is 350 g/mol. The summed E-state index contributed by atoms with van der Waals surface area (Å²) in [6, 6.07) is 7.15. The maximum atomic E-state index is 11.9. The summed E-state index contributed by atoms with van der Waals surface area (Å²) in [6.07, 6.45) is 0.107. The Balaban J connectivity index is 1.76. The topological polar surface area (TPSA) is 73.2 Å². The lowest BCUT2D eigenvalue weighted by atomic mass is 10.1. The lowest BCUT2D eigenvalue weighted by Gasteiger charge is -2.07. The second-order valence-electron chi connectivity index (χ2n) is 5.51. The van der Waals surface area contributed by atoms with Crippen LogP contribution in [0.25, 0.3) is 0 Å². The highest BCUT2D eigenvalue weighted by molar-refractivity contribution is 6.30. The Morgan fingerprint density at radius 2 is 1.92 bits per heavy atom. The number of aromatic nitrogens is 2. The highest BCUT2D eigenvalue weighted by Crippen LogP contribution is 2.13. The molecule has 0 aliphatic rings. The molecular formula is C17H20ClN3O3. The van der Waals surface area contributed by atoms with Gasteiger partial charge < -0.3 is 10.1 Å². The molecule has 2 aromatic rings. The lowest BCUT2D eigenvalue weighted by molar-refractivity contribution is -0.147. The van der Waals surface area contributed by atoms with E-state index in [9.17, 15) is 9.59 Å². The van der Waals surface area contributed by atoms with Crippen LogP contribution in [0.15, 0.2) is 24.3 Å². The molecule has 0 unspecified atom stereocenters. The van der Waals surface area contributed by atoms with Gasteiger partial charge in [0.1, 0.15) is 0 Å². The zero-order chi connectivity index (χ0) is 17.7. The number of aryl methyl sites for hydroxylation is 2. The van der Waals surface area contributed by atoms with Crippen LogP contribution in [0.2, 0.25) is 5.02 Å². The fourth-order valence-corrected chi connectivity index (χ4v) is 2.39. The minimum atomic E-state index is -0.448. The van der Waals surface area contributed by atoms with Gasteiger partial charge in [-0.1, -0.05) is 23.7 Å². The number of carbonyl (C=O) groups is 2. The van der Waals surface area contributed by atoms with E-state index in [-0.39, 0.29) is 18.9 Å². The molecule has 1 amide bonds. The van der Waals surface area contributed by atoms with Crippen LogP contribution in [-0.4, -0.2) is 28.3 Å². The third-order valence-corrected chi connectivity index (χ3v) is 4.00. The minimum absolute atomic E-state index is 0.107. The second-order valence-corrected chi connectivity index (χ2v) is 5.95. The van der Waals surface area contributed by atoms with E-state index in [2.05, 4.69) is 10.4 Å². The van der Waals surface area contributed by atoms with Crippen LogP contribution in [0.1, 0.15) is 22.5 Å². The number of nitrogens with zero attached hydrogens (tertiary/aromatic N) is 2. The number of nitrogens with one attached hydrogen (secondary N) is 1. The highest BCUT2D eigenvalue weighted by atomic mass is 35.5. The van der Waals surface area contributed by atoms with E-state index >= 15 is 0 Å². The molecule has 0 aliphatic heterocycles. The first-order valence-electron chi connectivity index (χ1n) is 7.52. The van der Waals surface area contributed by atoms with Crippen molar-refractivity contribution in [3.05, 3.63) is 51.8 Å². The van der Waals surface area contributed by atoms with Crippen molar-refractivity contribution in [1.29, 1.82) is 0 Å². The van der Waals surface area contributed by atoms with Crippen molar-refractivity contribution in [2.24, 2.45) is 7.05 Å². The Morgan fingerprint density at radius 3 is 2.50 bits per heavy atom. The maximum absolute atomic E-state index is 11.9. The number of hydrogen-bond acceptors (Lipinski definition) is 4. The van der Waals surface area contributed by atoms with E-state index in [0.29, 0.717) is 11.6 Å². The van der Waals surface area contributed by atoms with Gasteiger partial charge in [0.15, 0.2) is 6.61 Å². The summed E-state index contributed by atoms with van der Waals surface area (Å²) < 4.78 is 6.74. The predicted octanol–water partition coefficient (Wildman–Crippen LogP) is 2.09. The number of ether oxygens (including phenoxy) is 1. The van der Waals surface area contributed by atoms with Gasteiger partial charge in [0.05, 0.1) is 12.1 Å². The molecule has 0 aliphatic carbocycles. The fraction of sp³-hybridized carbons (Fsp3) is 0.353. The van der Waals surface area contributed by atoms with E-state index in [4.69, 9.17) is 16.3 Å². The van der Waals surface area contributed by atoms with Crippen molar-refractivity contribution in [3.63, 3.8) is 0 Å². The first-order valence-corrected chi connectivity index (χ1v) is 7.90. The maximum Gasteiger partial charge on any atom is 0.310 e. The van der Waals surface area contributed by atoms with Crippen molar-refractivity contribution in [1.82, 2.24) is 15.1 Å². The molecule has 0 radical (unpaired) electrons. The van der Waals surface area contributed by atoms with Crippen LogP contribution in [-0.2, 0) is 34.3 Å². The summed E-state index contributed by atoms with van der Waals surface area (Å²) >= 11 is 5.80. The van der Waals surface area contributed by atoms with E-state index in [1.807, 2.05) is 33.0 Å². The Hall–Kier alpha value is -2.34. The number of hydrogen-bond donors (Lipinski definition) is 1. The predicted molar refractivity (Wildman–Crippen MR) is 90.6 cm³/mol. The lowest BCUT2D eigenvalue weighted by Crippen LogP contribution is -2.28. The quantitative estimate of drug-likeness (QED) is 0.810. The van der Waals surface area contributed by atoms with E-state index < -0.39 is 5.97 Å². The number of amides is 1. The Morgan fingerprint density at radius 1 is 1.25 bits per heavy atom. The molecule has 1 N–H and O–H groups in total. The SMILES string of the molecule is Cc1nn(C)c(C)c1CC(=O)OCC(=O)NCc1ccc(Cl)cc1. The number of benzene rings is 1. The molecule has 1 heterocycles. The molecule has 1 aromatic carbocycles. The van der Waals surface area contributed by atoms with E-state index in [0.717, 1.165) is 22.5 Å². The van der Waals surface area contributed by atoms with Crippen molar-refractivity contribution >= 4 is 23.5 Å². The van der Waals surface area contributed by atoms with Crippen LogP contribution in [0.4, 0.5) is 0 Å². The summed E-state index contributed by atoms with van der Waals surface area (Å²) in [6.45, 7) is 3.79. The fourth-order valence-electron chi connectivity index (χ4n) is 2.27. The van der Waals surface area contributed by atoms with Gasteiger partial charge in [-0.3, -0.25) is 14.3 Å². The molecule has 0 saturated heterocycles. The monoisotopic (exact) mass is 349 g/mol. The summed E-state index contributed by atoms with van der Waals surface area (Å²) in [5.74, 6) is -0.797. The number of carbonyl (C=O) groups excluding carboxylic acids is 2. The molecule has 0 bridgehead atoms. The summed E-state index contributed by atoms with van der Waals surface area (Å²) in [5, 5.41) is 7.58. The molecule has 0 saturated carbocycles. The second kappa shape index (κ2) is 7.97. The highest BCUT2D eigenvalue weighted by Gasteiger charge is 2.15. The molecule has 0 spiro atoms. The van der Waals surface area contributed by atoms with Crippen molar-refractivity contribution in [3.8, 4) is 0 Å². The van der Waals surface area contributed by atoms with Gasteiger partial charge in [-0.05, 0) is 31.5 Å². The Bertz CT molecular complexity index is 738. The van der Waals surface area contributed by atoms with E-state index in [1.54, 1.807) is 16.8 Å². The van der Waals surface area contributed by atoms with Gasteiger partial charge >= 0.3 is 5.97 Å². The summed E-state index contributed by atoms with van der Waals surface area (Å²) in [7, 11) is 1.82. The van der Waals surface area contributed by atoms with Crippen molar-refractivity contribution < 1.29 is 14.3 Å². The molecule has 128 valence electrons. The third kappa shape index (κ3) is 4.83. The van der Waals surface area contributed by atoms with Gasteiger partial charge in [0.2, 0.25) is 0 Å². The molecular weight excluding hydrogens is 330 g/mol. The summed E-state index contributed by atoms with van der Waals surface area (Å²) in [5.41, 5.74) is 3.46. The van der Waals surface area contributed by atoms with Crippen molar-refractivity contribution in [2.75, 3.05) is 6.61 Å². The van der Waals surface area contributed by atoms with Crippen LogP contribution >= 0.6 is 11.6 Å². The molecule has 7 heteroatoms. The normalized spacial score (nSPS) is 10.5. The van der Waals surface area contributed by atoms with Crippen LogP contribution in [0, 0.1) is 13.8 Å². The number of rotatable bonds is 6. The molecule has 1 aromatic heterocycles. The van der Waals surface area contributed by atoms with Gasteiger partial charge in [-0.15, -0.1) is 0 Å². The largest absolute Gasteiger partial charge is 0.455 e. The molecule has 24 heavy (non-hydrogen) atoms. The van der Waals surface area contributed by atoms with Gasteiger partial charge in [-0.25, -0.2) is 0 Å². The smallest absolute Gasteiger partial charge is 0.310 e. The molecule has 0 fully saturated rings. The molecule has 6 nitrogen and oxygen atoms in total. The summed E-state index contributed by atoms with van der Waals surface area (Å²) in [4.78, 5) is 23.6. The van der Waals surface area contributed by atoms with Crippen LogP contribution in [0.5, 0.6) is 0 Å². The standard InChI is InChI=1S/C17H20ClN3O3/c1-11-15(12(2)21(3)20-11)8-17(23)24-10-16(22)19-9-13-4-6-14(18)7-5-13/h4-7H,8-10H2,1-3H3,(H,19,22). The zero-order valence-corrected chi connectivity index (χ0v) is 14.7. The Kier molecular flexibility index (Phi) is 5.98. The van der Waals surface area contributed by atoms with Crippen LogP contribution < -0.4 is 5.32 Å². The number of esters is 1. The Labute approximate surface area is 145 Å². The van der Waals surface area contributed by atoms with Gasteiger partial charge in [0.25, 0.3) is 5.91 Å². The third-order valence-electron chi connectivity index (χ3n) is 3.75. The molecule has 0 atom stereocenters. The van der Waals surface area contributed by atoms with E-state index in [1.165, 1.54) is 0 Å². The minimum Gasteiger partial charge on any atom is -0.455 e. The molecule has 2 rings (SSSR count). The zero-order valence-electron chi connectivity index (χ0n) is 13.9. The average Bonchev–Trinajstić information content (AvgIpc) is 2.78. The first kappa shape index (κ1) is 18.0. The van der Waals surface area contributed by atoms with Gasteiger partial charge in [-0.2, -0.15) is 5.10 Å². The first-order chi connectivity index (χ1) is 11.4.